The first-order valence-electron chi connectivity index (χ1n) is 8.80. The molecule has 0 bridgehead atoms. The minimum absolute atomic E-state index is 0.883. The normalized spacial score (nSPS) is 15.8. The van der Waals surface area contributed by atoms with Crippen LogP contribution in [0.1, 0.15) is 36.1 Å². The number of halogens is 2. The SMILES string of the molecule is CC1=CCc2c([Si](C)(C)c3ccc(Cl)c4c3CC=C4C)ccc(Cl)c21. The summed E-state index contributed by atoms with van der Waals surface area (Å²) in [6, 6.07) is 8.73. The highest BCUT2D eigenvalue weighted by atomic mass is 35.5. The van der Waals surface area contributed by atoms with Crippen LogP contribution in [-0.4, -0.2) is 8.07 Å². The average molecular weight is 385 g/mol. The van der Waals surface area contributed by atoms with Crippen molar-refractivity contribution < 1.29 is 0 Å². The van der Waals surface area contributed by atoms with Gasteiger partial charge in [-0.2, -0.15) is 0 Å². The number of hydrogen-bond acceptors (Lipinski definition) is 0. The zero-order chi connectivity index (χ0) is 17.9. The van der Waals surface area contributed by atoms with Crippen molar-refractivity contribution in [3.63, 3.8) is 0 Å². The third-order valence-electron chi connectivity index (χ3n) is 5.88. The Kier molecular flexibility index (Phi) is 4.03. The number of fused-ring (bicyclic) bond motifs is 2. The first-order valence-corrected chi connectivity index (χ1v) is 12.6. The molecule has 4 rings (SSSR count). The molecule has 2 aromatic rings. The lowest BCUT2D eigenvalue weighted by Crippen LogP contribution is -2.55. The molecule has 2 aliphatic carbocycles. The maximum atomic E-state index is 6.52. The predicted octanol–water partition coefficient (Wildman–Crippen LogP) is 5.73. The molecule has 0 atom stereocenters. The monoisotopic (exact) mass is 384 g/mol. The van der Waals surface area contributed by atoms with Crippen molar-refractivity contribution in [1.82, 2.24) is 0 Å². The lowest BCUT2D eigenvalue weighted by Gasteiger charge is -2.29. The lowest BCUT2D eigenvalue weighted by molar-refractivity contribution is 1.31. The molecule has 0 amide bonds. The van der Waals surface area contributed by atoms with Crippen LogP contribution in [0.15, 0.2) is 36.4 Å². The van der Waals surface area contributed by atoms with Crippen molar-refractivity contribution in [2.75, 3.05) is 0 Å². The van der Waals surface area contributed by atoms with Gasteiger partial charge < -0.3 is 0 Å². The number of allylic oxidation sites excluding steroid dienone is 4. The zero-order valence-electron chi connectivity index (χ0n) is 15.1. The molecule has 128 valence electrons. The van der Waals surface area contributed by atoms with E-state index >= 15 is 0 Å². The summed E-state index contributed by atoms with van der Waals surface area (Å²) in [6.45, 7) is 9.26. The van der Waals surface area contributed by atoms with Gasteiger partial charge in [0.2, 0.25) is 0 Å². The van der Waals surface area contributed by atoms with Gasteiger partial charge in [-0.1, -0.05) is 71.0 Å². The van der Waals surface area contributed by atoms with Crippen molar-refractivity contribution in [3.05, 3.63) is 68.7 Å². The van der Waals surface area contributed by atoms with Crippen LogP contribution in [0.4, 0.5) is 0 Å². The standard InChI is InChI=1S/C22H22Cl2Si/c1-13-5-7-15-19(11-9-17(23)21(13)15)25(3,4)20-12-10-18(24)22-14(2)6-8-16(20)22/h5-6,9-12H,7-8H2,1-4H3. The highest BCUT2D eigenvalue weighted by Crippen LogP contribution is 2.35. The Bertz CT molecular complexity index is 887. The Morgan fingerprint density at radius 3 is 1.52 bits per heavy atom. The third kappa shape index (κ3) is 2.48. The Morgan fingerprint density at radius 1 is 0.720 bits per heavy atom. The van der Waals surface area contributed by atoms with E-state index in [-0.39, 0.29) is 0 Å². The second kappa shape index (κ2) is 5.87. The van der Waals surface area contributed by atoms with Gasteiger partial charge in [-0.3, -0.25) is 0 Å². The van der Waals surface area contributed by atoms with Crippen LogP contribution >= 0.6 is 23.2 Å². The largest absolute Gasteiger partial charge is 0.113 e. The Labute approximate surface area is 161 Å². The molecule has 0 unspecified atom stereocenters. The fraction of sp³-hybridized carbons (Fsp3) is 0.273. The Morgan fingerprint density at radius 2 is 1.12 bits per heavy atom. The van der Waals surface area contributed by atoms with E-state index in [0.717, 1.165) is 22.9 Å². The molecule has 2 aromatic carbocycles. The number of hydrogen-bond donors (Lipinski definition) is 0. The van der Waals surface area contributed by atoms with Gasteiger partial charge in [0.15, 0.2) is 0 Å². The molecular formula is C22H22Cl2Si. The summed E-state index contributed by atoms with van der Waals surface area (Å²) in [7, 11) is -1.86. The van der Waals surface area contributed by atoms with Crippen molar-refractivity contribution >= 4 is 52.8 Å². The van der Waals surface area contributed by atoms with E-state index < -0.39 is 8.07 Å². The maximum absolute atomic E-state index is 6.52. The molecule has 25 heavy (non-hydrogen) atoms. The van der Waals surface area contributed by atoms with Gasteiger partial charge >= 0.3 is 0 Å². The predicted molar refractivity (Wildman–Crippen MR) is 114 cm³/mol. The summed E-state index contributed by atoms with van der Waals surface area (Å²) in [5.74, 6) is 0. The molecule has 0 saturated heterocycles. The molecule has 0 spiro atoms. The summed E-state index contributed by atoms with van der Waals surface area (Å²) in [6.07, 6.45) is 6.62. The Hall–Kier alpha value is -1.28. The van der Waals surface area contributed by atoms with Gasteiger partial charge in [-0.05, 0) is 72.2 Å². The second-order valence-electron chi connectivity index (χ2n) is 7.70. The van der Waals surface area contributed by atoms with Crippen LogP contribution in [0.25, 0.3) is 11.1 Å². The quantitative estimate of drug-likeness (QED) is 0.579. The first-order chi connectivity index (χ1) is 11.8. The molecule has 0 heterocycles. The summed E-state index contributed by atoms with van der Waals surface area (Å²) >= 11 is 13.0. The molecule has 0 aliphatic heterocycles. The molecule has 0 aromatic heterocycles. The Balaban J connectivity index is 1.92. The van der Waals surface area contributed by atoms with Crippen molar-refractivity contribution in [2.24, 2.45) is 0 Å². The molecule has 0 N–H and O–H groups in total. The highest BCUT2D eigenvalue weighted by Gasteiger charge is 2.34. The van der Waals surface area contributed by atoms with E-state index in [1.807, 2.05) is 0 Å². The molecule has 0 saturated carbocycles. The van der Waals surface area contributed by atoms with E-state index in [1.54, 1.807) is 0 Å². The fourth-order valence-corrected chi connectivity index (χ4v) is 8.45. The van der Waals surface area contributed by atoms with Crippen molar-refractivity contribution in [3.8, 4) is 0 Å². The average Bonchev–Trinajstić information content (AvgIpc) is 3.13. The summed E-state index contributed by atoms with van der Waals surface area (Å²) in [4.78, 5) is 0. The highest BCUT2D eigenvalue weighted by molar-refractivity contribution is 7.01. The van der Waals surface area contributed by atoms with Crippen LogP contribution in [-0.2, 0) is 12.8 Å². The summed E-state index contributed by atoms with van der Waals surface area (Å²) in [5, 5.41) is 4.78. The van der Waals surface area contributed by atoms with Crippen molar-refractivity contribution in [2.45, 2.75) is 39.8 Å². The van der Waals surface area contributed by atoms with E-state index in [4.69, 9.17) is 23.2 Å². The summed E-state index contributed by atoms with van der Waals surface area (Å²) < 4.78 is 0. The minimum Gasteiger partial charge on any atom is -0.0837 e. The summed E-state index contributed by atoms with van der Waals surface area (Å²) in [5.41, 5.74) is 8.02. The molecule has 0 fully saturated rings. The van der Waals surface area contributed by atoms with Crippen LogP contribution < -0.4 is 10.4 Å². The van der Waals surface area contributed by atoms with Gasteiger partial charge in [-0.15, -0.1) is 0 Å². The van der Waals surface area contributed by atoms with E-state index in [1.165, 1.54) is 43.8 Å². The van der Waals surface area contributed by atoms with Gasteiger partial charge in [0.25, 0.3) is 0 Å². The van der Waals surface area contributed by atoms with Gasteiger partial charge in [-0.25, -0.2) is 0 Å². The molecule has 0 nitrogen and oxygen atoms in total. The van der Waals surface area contributed by atoms with Gasteiger partial charge in [0.05, 0.1) is 0 Å². The molecule has 0 radical (unpaired) electrons. The molecule has 2 aliphatic rings. The molecule has 3 heteroatoms. The first kappa shape index (κ1) is 17.1. The number of benzene rings is 2. The topological polar surface area (TPSA) is 0 Å². The fourth-order valence-electron chi connectivity index (χ4n) is 4.55. The number of rotatable bonds is 2. The van der Waals surface area contributed by atoms with E-state index in [9.17, 15) is 0 Å². The van der Waals surface area contributed by atoms with Gasteiger partial charge in [0.1, 0.15) is 8.07 Å². The second-order valence-corrected chi connectivity index (χ2v) is 12.8. The molecular weight excluding hydrogens is 363 g/mol. The van der Waals surface area contributed by atoms with E-state index in [0.29, 0.717) is 0 Å². The minimum atomic E-state index is -1.86. The van der Waals surface area contributed by atoms with Crippen LogP contribution in [0, 0.1) is 0 Å². The van der Waals surface area contributed by atoms with Crippen molar-refractivity contribution in [1.29, 1.82) is 0 Å². The van der Waals surface area contributed by atoms with Gasteiger partial charge in [0, 0.05) is 10.0 Å². The van der Waals surface area contributed by atoms with Crippen LogP contribution in [0.3, 0.4) is 0 Å². The smallest absolute Gasteiger partial charge is 0.0837 e. The van der Waals surface area contributed by atoms with Crippen LogP contribution in [0.2, 0.25) is 23.1 Å². The zero-order valence-corrected chi connectivity index (χ0v) is 17.6. The lowest BCUT2D eigenvalue weighted by atomic mass is 10.1. The third-order valence-corrected chi connectivity index (χ3v) is 10.1. The maximum Gasteiger partial charge on any atom is 0.113 e. The van der Waals surface area contributed by atoms with E-state index in [2.05, 4.69) is 63.4 Å². The van der Waals surface area contributed by atoms with Crippen LogP contribution in [0.5, 0.6) is 0 Å².